The Morgan fingerprint density at radius 3 is 2.59 bits per heavy atom. The normalized spacial score (nSPS) is 21.4. The fourth-order valence-electron chi connectivity index (χ4n) is 6.01. The molecule has 2 aliphatic rings. The molecule has 2 fully saturated rings. The third-order valence-electron chi connectivity index (χ3n) is 7.68. The van der Waals surface area contributed by atoms with Gasteiger partial charge >= 0.3 is 0 Å². The second-order valence-corrected chi connectivity index (χ2v) is 9.90. The first-order valence-electron chi connectivity index (χ1n) is 12.5. The van der Waals surface area contributed by atoms with Crippen molar-refractivity contribution in [2.45, 2.75) is 18.9 Å². The average molecular weight is 492 g/mol. The van der Waals surface area contributed by atoms with E-state index in [9.17, 15) is 4.79 Å². The molecule has 3 aromatic heterocycles. The van der Waals surface area contributed by atoms with E-state index in [1.54, 1.807) is 6.08 Å². The van der Waals surface area contributed by atoms with Crippen molar-refractivity contribution in [3.05, 3.63) is 67.1 Å². The molecule has 0 spiro atoms. The number of carbonyl (C=O) groups excluding carboxylic acids is 1. The summed E-state index contributed by atoms with van der Waals surface area (Å²) >= 11 is 0. The van der Waals surface area contributed by atoms with Gasteiger partial charge in [-0.25, -0.2) is 19.6 Å². The number of anilines is 1. The van der Waals surface area contributed by atoms with Gasteiger partial charge in [-0.05, 0) is 61.1 Å². The van der Waals surface area contributed by atoms with E-state index in [4.69, 9.17) is 20.2 Å². The number of rotatable bonds is 5. The third-order valence-corrected chi connectivity index (χ3v) is 7.68. The second kappa shape index (κ2) is 8.55. The summed E-state index contributed by atoms with van der Waals surface area (Å²) in [5.74, 6) is 2.12. The smallest absolute Gasteiger partial charge is 0.227 e. The highest BCUT2D eigenvalue weighted by Gasteiger charge is 2.42. The summed E-state index contributed by atoms with van der Waals surface area (Å²) in [6.07, 6.45) is 7.84. The van der Waals surface area contributed by atoms with Crippen LogP contribution < -0.4 is 5.73 Å². The number of hydrogen-bond acceptors (Lipinski definition) is 8. The highest BCUT2D eigenvalue weighted by atomic mass is 16.3. The van der Waals surface area contributed by atoms with Crippen LogP contribution in [0.15, 0.2) is 71.6 Å². The number of hydrogen-bond donors (Lipinski definition) is 1. The van der Waals surface area contributed by atoms with E-state index in [-0.39, 0.29) is 6.04 Å². The van der Waals surface area contributed by atoms with E-state index < -0.39 is 0 Å². The van der Waals surface area contributed by atoms with Crippen molar-refractivity contribution in [3.8, 4) is 22.7 Å². The lowest BCUT2D eigenvalue weighted by molar-refractivity contribution is -0.104. The zero-order valence-corrected chi connectivity index (χ0v) is 20.1. The lowest BCUT2D eigenvalue weighted by Gasteiger charge is -2.17. The summed E-state index contributed by atoms with van der Waals surface area (Å²) in [5, 5.41) is 5.84. The molecule has 1 saturated heterocycles. The number of nitrogens with zero attached hydrogens (tertiary/aromatic N) is 6. The van der Waals surface area contributed by atoms with Gasteiger partial charge in [0.15, 0.2) is 11.2 Å². The molecule has 1 aliphatic carbocycles. The average Bonchev–Trinajstić information content (AvgIpc) is 3.68. The quantitative estimate of drug-likeness (QED) is 0.283. The SMILES string of the molecule is Nc1ncnc2c1c(-c1ccc3oc(-c4ccccc4)nc3c1)nn2C1CC2CN(C=CC=O)CC2C1. The maximum absolute atomic E-state index is 10.7. The van der Waals surface area contributed by atoms with Crippen molar-refractivity contribution in [1.82, 2.24) is 29.6 Å². The van der Waals surface area contributed by atoms with E-state index in [0.717, 1.165) is 65.6 Å². The van der Waals surface area contributed by atoms with E-state index in [2.05, 4.69) is 19.5 Å². The Morgan fingerprint density at radius 2 is 1.81 bits per heavy atom. The fourth-order valence-corrected chi connectivity index (χ4v) is 6.01. The van der Waals surface area contributed by atoms with Crippen LogP contribution in [0.3, 0.4) is 0 Å². The molecule has 0 amide bonds. The number of oxazole rings is 1. The molecule has 2 aromatic carbocycles. The minimum absolute atomic E-state index is 0.234. The Balaban J connectivity index is 1.25. The monoisotopic (exact) mass is 491 g/mol. The number of carbonyl (C=O) groups is 1. The van der Waals surface area contributed by atoms with Gasteiger partial charge in [0.05, 0.1) is 11.4 Å². The van der Waals surface area contributed by atoms with Gasteiger partial charge in [-0.2, -0.15) is 5.10 Å². The molecule has 184 valence electrons. The molecule has 9 nitrogen and oxygen atoms in total. The van der Waals surface area contributed by atoms with E-state index in [1.165, 1.54) is 6.33 Å². The van der Waals surface area contributed by atoms with Gasteiger partial charge < -0.3 is 15.1 Å². The zero-order chi connectivity index (χ0) is 24.9. The first kappa shape index (κ1) is 21.7. The molecule has 7 rings (SSSR count). The van der Waals surface area contributed by atoms with Crippen LogP contribution in [-0.4, -0.2) is 49.0 Å². The number of aromatic nitrogens is 5. The second-order valence-electron chi connectivity index (χ2n) is 9.90. The van der Waals surface area contributed by atoms with E-state index in [0.29, 0.717) is 29.1 Å². The Hall–Kier alpha value is -4.53. The minimum Gasteiger partial charge on any atom is -0.436 e. The van der Waals surface area contributed by atoms with Crippen LogP contribution in [0.5, 0.6) is 0 Å². The van der Waals surface area contributed by atoms with Crippen molar-refractivity contribution in [3.63, 3.8) is 0 Å². The van der Waals surface area contributed by atoms with Gasteiger partial charge in [0.1, 0.15) is 29.6 Å². The van der Waals surface area contributed by atoms with Crippen molar-refractivity contribution >= 4 is 34.2 Å². The molecule has 1 aliphatic heterocycles. The molecule has 2 unspecified atom stereocenters. The third kappa shape index (κ3) is 3.66. The highest BCUT2D eigenvalue weighted by Crippen LogP contribution is 2.45. The van der Waals surface area contributed by atoms with Crippen LogP contribution in [0.25, 0.3) is 44.8 Å². The summed E-state index contributed by atoms with van der Waals surface area (Å²) in [6.45, 7) is 1.92. The van der Waals surface area contributed by atoms with Crippen LogP contribution >= 0.6 is 0 Å². The lowest BCUT2D eigenvalue weighted by atomic mass is 10.0. The molecule has 4 heterocycles. The zero-order valence-electron chi connectivity index (χ0n) is 20.1. The van der Waals surface area contributed by atoms with Gasteiger partial charge in [0.25, 0.3) is 0 Å². The Bertz CT molecular complexity index is 1640. The molecule has 2 N–H and O–H groups in total. The standard InChI is InChI=1S/C28H25N7O2/c29-26-24-25(18-7-8-23-22(13-18)32-28(37-23)17-5-2-1-3-6-17)33-35(27(24)31-16-30-26)21-11-19-14-34(9-4-10-36)15-20(19)12-21/h1-10,13,16,19-21H,11-12,14-15H2,(H2,29,30,31). The van der Waals surface area contributed by atoms with Crippen LogP contribution in [0, 0.1) is 11.8 Å². The molecule has 9 heteroatoms. The van der Waals surface area contributed by atoms with Gasteiger partial charge in [-0.3, -0.25) is 4.79 Å². The number of aldehydes is 1. The maximum atomic E-state index is 10.7. The molecular weight excluding hydrogens is 466 g/mol. The van der Waals surface area contributed by atoms with E-state index >= 15 is 0 Å². The van der Waals surface area contributed by atoms with Crippen LogP contribution in [0.4, 0.5) is 5.82 Å². The number of nitrogen functional groups attached to an aromatic ring is 1. The molecule has 5 aromatic rings. The van der Waals surface area contributed by atoms with Gasteiger partial charge in [0, 0.05) is 30.4 Å². The molecule has 37 heavy (non-hydrogen) atoms. The Kier molecular flexibility index (Phi) is 5.02. The topological polar surface area (TPSA) is 116 Å². The number of likely N-dealkylation sites (tertiary alicyclic amines) is 1. The van der Waals surface area contributed by atoms with Crippen molar-refractivity contribution in [2.75, 3.05) is 18.8 Å². The molecule has 2 atom stereocenters. The number of fused-ring (bicyclic) bond motifs is 3. The number of allylic oxidation sites excluding steroid dienone is 1. The van der Waals surface area contributed by atoms with Crippen LogP contribution in [0.2, 0.25) is 0 Å². The maximum Gasteiger partial charge on any atom is 0.227 e. The Labute approximate surface area is 212 Å². The summed E-state index contributed by atoms with van der Waals surface area (Å²) in [6, 6.07) is 16.0. The lowest BCUT2D eigenvalue weighted by Crippen LogP contribution is -2.17. The predicted molar refractivity (Wildman–Crippen MR) is 140 cm³/mol. The van der Waals surface area contributed by atoms with Crippen LogP contribution in [0.1, 0.15) is 18.9 Å². The van der Waals surface area contributed by atoms with Crippen molar-refractivity contribution < 1.29 is 9.21 Å². The van der Waals surface area contributed by atoms with Crippen LogP contribution in [-0.2, 0) is 4.79 Å². The largest absolute Gasteiger partial charge is 0.436 e. The number of benzene rings is 2. The summed E-state index contributed by atoms with van der Waals surface area (Å²) in [5.41, 5.74) is 11.2. The minimum atomic E-state index is 0.234. The molecule has 0 radical (unpaired) electrons. The van der Waals surface area contributed by atoms with Crippen molar-refractivity contribution in [1.29, 1.82) is 0 Å². The Morgan fingerprint density at radius 1 is 1.00 bits per heavy atom. The highest BCUT2D eigenvalue weighted by molar-refractivity contribution is 5.99. The molecule has 0 bridgehead atoms. The van der Waals surface area contributed by atoms with Gasteiger partial charge in [0.2, 0.25) is 5.89 Å². The first-order chi connectivity index (χ1) is 18.2. The predicted octanol–water partition coefficient (Wildman–Crippen LogP) is 4.48. The van der Waals surface area contributed by atoms with Gasteiger partial charge in [-0.1, -0.05) is 18.2 Å². The fraction of sp³-hybridized carbons (Fsp3) is 0.250. The summed E-state index contributed by atoms with van der Waals surface area (Å²) < 4.78 is 8.05. The molecule has 1 saturated carbocycles. The number of nitrogens with two attached hydrogens (primary N) is 1. The summed E-state index contributed by atoms with van der Waals surface area (Å²) in [4.78, 5) is 26.5. The van der Waals surface area contributed by atoms with Gasteiger partial charge in [-0.15, -0.1) is 0 Å². The first-order valence-corrected chi connectivity index (χ1v) is 12.5. The van der Waals surface area contributed by atoms with E-state index in [1.807, 2.05) is 54.7 Å². The van der Waals surface area contributed by atoms with Crippen molar-refractivity contribution in [2.24, 2.45) is 11.8 Å². The summed E-state index contributed by atoms with van der Waals surface area (Å²) in [7, 11) is 0. The molecular formula is C28H25N7O2.